The van der Waals surface area contributed by atoms with Crippen molar-refractivity contribution in [1.29, 1.82) is 0 Å². The molecule has 0 atom stereocenters. The molecule has 0 aliphatic carbocycles. The molecule has 2 N–H and O–H groups in total. The molecule has 1 aromatic heterocycles. The molecule has 0 aliphatic heterocycles. The highest BCUT2D eigenvalue weighted by Crippen LogP contribution is 2.43. The summed E-state index contributed by atoms with van der Waals surface area (Å²) in [5, 5.41) is 2.82. The monoisotopic (exact) mass is 327 g/mol. The van der Waals surface area contributed by atoms with Gasteiger partial charge in [0.15, 0.2) is 0 Å². The van der Waals surface area contributed by atoms with Gasteiger partial charge in [-0.05, 0) is 24.3 Å². The van der Waals surface area contributed by atoms with Crippen molar-refractivity contribution < 1.29 is 0 Å². The van der Waals surface area contributed by atoms with Gasteiger partial charge in [-0.2, -0.15) is 0 Å². The number of fused-ring (bicyclic) bond motifs is 1. The van der Waals surface area contributed by atoms with E-state index in [1.807, 2.05) is 36.4 Å². The van der Waals surface area contributed by atoms with E-state index in [1.54, 1.807) is 23.1 Å². The van der Waals surface area contributed by atoms with Crippen molar-refractivity contribution in [3.63, 3.8) is 0 Å². The molecule has 5 heteroatoms. The third-order valence-electron chi connectivity index (χ3n) is 2.59. The highest BCUT2D eigenvalue weighted by molar-refractivity contribution is 8.00. The maximum Gasteiger partial charge on any atom is 0.101 e. The van der Waals surface area contributed by atoms with E-state index in [1.165, 1.54) is 10.1 Å². The summed E-state index contributed by atoms with van der Waals surface area (Å²) >= 11 is 9.29. The molecular weight excluding hydrogens is 317 g/mol. The first kappa shape index (κ1) is 14.5. The average Bonchev–Trinajstić information content (AvgIpc) is 2.66. The van der Waals surface area contributed by atoms with Gasteiger partial charge in [0, 0.05) is 20.0 Å². The van der Waals surface area contributed by atoms with Crippen molar-refractivity contribution in [2.75, 3.05) is 5.73 Å². The molecule has 3 aromatic rings. The third-order valence-corrected chi connectivity index (χ3v) is 5.09. The molecular formula is C14H11Cl2NS2. The number of thiophene rings is 1. The van der Waals surface area contributed by atoms with Crippen LogP contribution in [0.3, 0.4) is 0 Å². The normalized spacial score (nSPS) is 10.4. The zero-order valence-electron chi connectivity index (χ0n) is 9.80. The van der Waals surface area contributed by atoms with Crippen LogP contribution in [0.1, 0.15) is 0 Å². The predicted molar refractivity (Wildman–Crippen MR) is 89.1 cm³/mol. The number of halogens is 2. The van der Waals surface area contributed by atoms with Crippen molar-refractivity contribution in [2.24, 2.45) is 0 Å². The molecule has 0 unspecified atom stereocenters. The minimum absolute atomic E-state index is 0. The maximum atomic E-state index is 6.10. The van der Waals surface area contributed by atoms with E-state index in [0.29, 0.717) is 0 Å². The second-order valence-electron chi connectivity index (χ2n) is 3.85. The zero-order valence-corrected chi connectivity index (χ0v) is 13.0. The van der Waals surface area contributed by atoms with E-state index < -0.39 is 0 Å². The van der Waals surface area contributed by atoms with Crippen LogP contribution in [0, 0.1) is 0 Å². The largest absolute Gasteiger partial charge is 0.390 e. The second-order valence-corrected chi connectivity index (χ2v) is 6.46. The van der Waals surface area contributed by atoms with E-state index in [0.717, 1.165) is 19.8 Å². The Morgan fingerprint density at radius 3 is 2.63 bits per heavy atom. The topological polar surface area (TPSA) is 26.0 Å². The highest BCUT2D eigenvalue weighted by atomic mass is 35.5. The molecule has 0 bridgehead atoms. The van der Waals surface area contributed by atoms with Crippen molar-refractivity contribution in [3.8, 4) is 0 Å². The van der Waals surface area contributed by atoms with Gasteiger partial charge >= 0.3 is 0 Å². The maximum absolute atomic E-state index is 6.10. The Morgan fingerprint density at radius 1 is 1.05 bits per heavy atom. The van der Waals surface area contributed by atoms with Crippen LogP contribution < -0.4 is 5.73 Å². The van der Waals surface area contributed by atoms with Crippen LogP contribution >= 0.6 is 47.1 Å². The van der Waals surface area contributed by atoms with Crippen molar-refractivity contribution in [1.82, 2.24) is 0 Å². The van der Waals surface area contributed by atoms with Gasteiger partial charge in [0.2, 0.25) is 0 Å². The van der Waals surface area contributed by atoms with Crippen molar-refractivity contribution in [2.45, 2.75) is 9.79 Å². The fourth-order valence-corrected chi connectivity index (χ4v) is 4.19. The van der Waals surface area contributed by atoms with Crippen LogP contribution in [0.5, 0.6) is 0 Å². The van der Waals surface area contributed by atoms with Crippen LogP contribution in [-0.4, -0.2) is 0 Å². The minimum Gasteiger partial charge on any atom is -0.390 e. The first-order valence-electron chi connectivity index (χ1n) is 5.44. The fraction of sp³-hybridized carbons (Fsp3) is 0. The van der Waals surface area contributed by atoms with Crippen LogP contribution in [0.2, 0.25) is 5.02 Å². The van der Waals surface area contributed by atoms with Crippen LogP contribution in [0.4, 0.5) is 5.00 Å². The summed E-state index contributed by atoms with van der Waals surface area (Å²) in [5.41, 5.74) is 6.10. The summed E-state index contributed by atoms with van der Waals surface area (Å²) in [6, 6.07) is 16.1. The minimum atomic E-state index is 0. The molecule has 3 rings (SSSR count). The number of nitrogen functional groups attached to an aromatic ring is 1. The Bertz CT molecular complexity index is 709. The standard InChI is InChI=1S/C14H10ClNS2.ClH/c15-9-4-3-5-10(8-9)17-13-11-6-1-2-7-12(11)18-14(13)16;/h1-8H,16H2;1H. The Morgan fingerprint density at radius 2 is 1.84 bits per heavy atom. The van der Waals surface area contributed by atoms with Crippen LogP contribution in [-0.2, 0) is 0 Å². The summed E-state index contributed by atoms with van der Waals surface area (Å²) < 4.78 is 1.22. The summed E-state index contributed by atoms with van der Waals surface area (Å²) in [5.74, 6) is 0. The Hall–Kier alpha value is -0.870. The molecule has 1 heterocycles. The van der Waals surface area contributed by atoms with E-state index >= 15 is 0 Å². The van der Waals surface area contributed by atoms with Gasteiger partial charge in [0.1, 0.15) is 5.00 Å². The molecule has 0 saturated heterocycles. The number of anilines is 1. The predicted octanol–water partition coefficient (Wildman–Crippen LogP) is 5.71. The van der Waals surface area contributed by atoms with E-state index in [-0.39, 0.29) is 12.4 Å². The number of rotatable bonds is 2. The van der Waals surface area contributed by atoms with Crippen LogP contribution in [0.15, 0.2) is 58.3 Å². The van der Waals surface area contributed by atoms with Gasteiger partial charge < -0.3 is 5.73 Å². The molecule has 2 aromatic carbocycles. The first-order valence-corrected chi connectivity index (χ1v) is 7.45. The molecule has 0 fully saturated rings. The van der Waals surface area contributed by atoms with Gasteiger partial charge in [0.25, 0.3) is 0 Å². The molecule has 0 saturated carbocycles. The van der Waals surface area contributed by atoms with Gasteiger partial charge in [-0.25, -0.2) is 0 Å². The Kier molecular flexibility index (Phi) is 4.63. The molecule has 19 heavy (non-hydrogen) atoms. The molecule has 0 spiro atoms. The van der Waals surface area contributed by atoms with Crippen molar-refractivity contribution in [3.05, 3.63) is 53.6 Å². The van der Waals surface area contributed by atoms with Gasteiger partial charge in [0.05, 0.1) is 4.90 Å². The zero-order chi connectivity index (χ0) is 12.5. The summed E-state index contributed by atoms with van der Waals surface area (Å²) in [6.45, 7) is 0. The lowest BCUT2D eigenvalue weighted by Gasteiger charge is -2.02. The Labute approximate surface area is 131 Å². The highest BCUT2D eigenvalue weighted by Gasteiger charge is 2.10. The number of hydrogen-bond donors (Lipinski definition) is 1. The summed E-state index contributed by atoms with van der Waals surface area (Å²) in [6.07, 6.45) is 0. The second kappa shape index (κ2) is 6.06. The number of benzene rings is 2. The lowest BCUT2D eigenvalue weighted by Crippen LogP contribution is -1.81. The third kappa shape index (κ3) is 3.00. The summed E-state index contributed by atoms with van der Waals surface area (Å²) in [7, 11) is 0. The molecule has 98 valence electrons. The van der Waals surface area contributed by atoms with E-state index in [2.05, 4.69) is 12.1 Å². The van der Waals surface area contributed by atoms with E-state index in [4.69, 9.17) is 17.3 Å². The average molecular weight is 328 g/mol. The Balaban J connectivity index is 0.00000133. The molecule has 1 nitrogen and oxygen atoms in total. The van der Waals surface area contributed by atoms with Gasteiger partial charge in [-0.15, -0.1) is 23.7 Å². The lowest BCUT2D eigenvalue weighted by atomic mass is 10.3. The quantitative estimate of drug-likeness (QED) is 0.652. The molecule has 0 amide bonds. The van der Waals surface area contributed by atoms with Gasteiger partial charge in [-0.3, -0.25) is 0 Å². The summed E-state index contributed by atoms with van der Waals surface area (Å²) in [4.78, 5) is 2.23. The smallest absolute Gasteiger partial charge is 0.101 e. The molecule has 0 radical (unpaired) electrons. The fourth-order valence-electron chi connectivity index (χ4n) is 1.79. The SMILES string of the molecule is Cl.Nc1sc2ccccc2c1Sc1cccc(Cl)c1. The number of hydrogen-bond acceptors (Lipinski definition) is 3. The lowest BCUT2D eigenvalue weighted by molar-refractivity contribution is 1.45. The van der Waals surface area contributed by atoms with Crippen molar-refractivity contribution >= 4 is 62.2 Å². The number of nitrogens with two attached hydrogens (primary N) is 1. The van der Waals surface area contributed by atoms with Crippen LogP contribution in [0.25, 0.3) is 10.1 Å². The van der Waals surface area contributed by atoms with Gasteiger partial charge in [-0.1, -0.05) is 47.6 Å². The molecule has 0 aliphatic rings. The van der Waals surface area contributed by atoms with E-state index in [9.17, 15) is 0 Å². The first-order chi connectivity index (χ1) is 8.74.